The smallest absolute Gasteiger partial charge is 0.240 e. The van der Waals surface area contributed by atoms with Crippen molar-refractivity contribution in [3.8, 4) is 11.5 Å². The number of para-hydroxylation sites is 1. The molecular weight excluding hydrogens is 456 g/mol. The van der Waals surface area contributed by atoms with E-state index < -0.39 is 29.8 Å². The van der Waals surface area contributed by atoms with Crippen LogP contribution in [0.5, 0.6) is 11.5 Å². The monoisotopic (exact) mass is 480 g/mol. The number of carbonyl (C=O) groups is 3. The summed E-state index contributed by atoms with van der Waals surface area (Å²) in [5.74, 6) is -1.56. The Morgan fingerprint density at radius 3 is 2.28 bits per heavy atom. The van der Waals surface area contributed by atoms with E-state index in [0.29, 0.717) is 22.7 Å². The first kappa shape index (κ1) is 22.1. The molecule has 36 heavy (non-hydrogen) atoms. The van der Waals surface area contributed by atoms with Crippen LogP contribution >= 0.6 is 0 Å². The summed E-state index contributed by atoms with van der Waals surface area (Å²) in [5.41, 5.74) is 2.66. The number of Topliss-reactive ketones (excluding diaryl/α,β-unsaturated/α-hetero) is 1. The van der Waals surface area contributed by atoms with Crippen molar-refractivity contribution < 1.29 is 23.9 Å². The van der Waals surface area contributed by atoms with Crippen LogP contribution in [0.2, 0.25) is 0 Å². The maximum Gasteiger partial charge on any atom is 0.240 e. The zero-order valence-electron chi connectivity index (χ0n) is 19.8. The molecule has 4 atom stereocenters. The molecule has 0 bridgehead atoms. The molecule has 2 saturated heterocycles. The fraction of sp³-hybridized carbons (Fsp3) is 0.207. The van der Waals surface area contributed by atoms with Gasteiger partial charge in [-0.25, -0.2) is 4.90 Å². The Morgan fingerprint density at radius 1 is 0.806 bits per heavy atom. The number of ketones is 1. The molecular formula is C29H24N2O5. The summed E-state index contributed by atoms with van der Waals surface area (Å²) in [4.78, 5) is 45.1. The predicted octanol–water partition coefficient (Wildman–Crippen LogP) is 3.98. The Morgan fingerprint density at radius 2 is 1.53 bits per heavy atom. The zero-order chi connectivity index (χ0) is 25.0. The van der Waals surface area contributed by atoms with Crippen molar-refractivity contribution in [3.63, 3.8) is 0 Å². The SMILES string of the molecule is COc1ccc(N2C(=O)[C@@H]3[C@H](C2=O)[C@H](C(=O)c2ccccc2)N2c4ccccc4C=C[C@@H]32)c(OC)c1. The van der Waals surface area contributed by atoms with Gasteiger partial charge in [-0.1, -0.05) is 60.7 Å². The standard InChI is InChI=1S/C29H24N2O5/c1-35-19-13-15-21(23(16-19)36-2)31-28(33)24-22-14-12-17-8-6-7-11-20(17)30(22)26(25(24)29(31)34)27(32)18-9-4-3-5-10-18/h3-16,22,24-26H,1-2H3/t22-,24-,25-,26+/m0/s1. The summed E-state index contributed by atoms with van der Waals surface area (Å²) in [5, 5.41) is 0. The maximum atomic E-state index is 14.0. The van der Waals surface area contributed by atoms with Gasteiger partial charge in [-0.05, 0) is 23.8 Å². The average Bonchev–Trinajstić information content (AvgIpc) is 3.40. The van der Waals surface area contributed by atoms with Crippen LogP contribution in [0.25, 0.3) is 6.08 Å². The van der Waals surface area contributed by atoms with Crippen molar-refractivity contribution in [3.05, 3.63) is 90.0 Å². The van der Waals surface area contributed by atoms with Gasteiger partial charge in [0.25, 0.3) is 0 Å². The van der Waals surface area contributed by atoms with Crippen molar-refractivity contribution >= 4 is 35.0 Å². The summed E-state index contributed by atoms with van der Waals surface area (Å²) in [6, 6.07) is 20.4. The van der Waals surface area contributed by atoms with Gasteiger partial charge in [0.2, 0.25) is 11.8 Å². The van der Waals surface area contributed by atoms with Gasteiger partial charge in [0.1, 0.15) is 17.5 Å². The van der Waals surface area contributed by atoms with Crippen LogP contribution in [0.4, 0.5) is 11.4 Å². The number of rotatable bonds is 5. The van der Waals surface area contributed by atoms with Crippen LogP contribution in [0.1, 0.15) is 15.9 Å². The minimum absolute atomic E-state index is 0.178. The van der Waals surface area contributed by atoms with E-state index >= 15 is 0 Å². The Hall–Kier alpha value is -4.39. The molecule has 3 aliphatic heterocycles. The van der Waals surface area contributed by atoms with Gasteiger partial charge in [-0.3, -0.25) is 14.4 Å². The number of amides is 2. The molecule has 0 saturated carbocycles. The van der Waals surface area contributed by atoms with Crippen LogP contribution in [0.15, 0.2) is 78.9 Å². The lowest BCUT2D eigenvalue weighted by Crippen LogP contribution is -2.48. The van der Waals surface area contributed by atoms with E-state index in [2.05, 4.69) is 0 Å². The number of fused-ring (bicyclic) bond motifs is 5. The Kier molecular flexibility index (Phi) is 5.14. The number of benzene rings is 3. The van der Waals surface area contributed by atoms with Gasteiger partial charge in [0, 0.05) is 17.3 Å². The molecule has 0 N–H and O–H groups in total. The van der Waals surface area contributed by atoms with Crippen LogP contribution in [0, 0.1) is 11.8 Å². The number of nitrogens with zero attached hydrogens (tertiary/aromatic N) is 2. The molecule has 7 heteroatoms. The van der Waals surface area contributed by atoms with Gasteiger partial charge in [-0.15, -0.1) is 0 Å². The van der Waals surface area contributed by atoms with Crippen molar-refractivity contribution in [2.45, 2.75) is 12.1 Å². The Balaban J connectivity index is 1.49. The van der Waals surface area contributed by atoms with Crippen LogP contribution in [-0.2, 0) is 9.59 Å². The van der Waals surface area contributed by atoms with Gasteiger partial charge < -0.3 is 14.4 Å². The summed E-state index contributed by atoms with van der Waals surface area (Å²) in [6.45, 7) is 0. The minimum atomic E-state index is -0.835. The molecule has 180 valence electrons. The number of hydrogen-bond acceptors (Lipinski definition) is 6. The summed E-state index contributed by atoms with van der Waals surface area (Å²) in [6.07, 6.45) is 3.91. The molecule has 0 spiro atoms. The molecule has 2 fully saturated rings. The van der Waals surface area contributed by atoms with E-state index in [9.17, 15) is 14.4 Å². The van der Waals surface area contributed by atoms with Gasteiger partial charge in [0.05, 0.1) is 37.8 Å². The van der Waals surface area contributed by atoms with Crippen molar-refractivity contribution in [2.24, 2.45) is 11.8 Å². The lowest BCUT2D eigenvalue weighted by Gasteiger charge is -2.36. The number of anilines is 2. The van der Waals surface area contributed by atoms with E-state index in [0.717, 1.165) is 11.3 Å². The first-order valence-corrected chi connectivity index (χ1v) is 11.8. The lowest BCUT2D eigenvalue weighted by atomic mass is 9.86. The van der Waals surface area contributed by atoms with Crippen LogP contribution in [0.3, 0.4) is 0 Å². The largest absolute Gasteiger partial charge is 0.497 e. The highest BCUT2D eigenvalue weighted by atomic mass is 16.5. The number of methoxy groups -OCH3 is 2. The Bertz CT molecular complexity index is 1420. The van der Waals surface area contributed by atoms with Gasteiger partial charge in [-0.2, -0.15) is 0 Å². The number of imide groups is 1. The third-order valence-electron chi connectivity index (χ3n) is 7.37. The van der Waals surface area contributed by atoms with Crippen LogP contribution in [-0.4, -0.2) is 43.9 Å². The maximum absolute atomic E-state index is 14.0. The molecule has 3 aromatic carbocycles. The van der Waals surface area contributed by atoms with E-state index in [1.165, 1.54) is 19.1 Å². The predicted molar refractivity (Wildman–Crippen MR) is 135 cm³/mol. The molecule has 7 nitrogen and oxygen atoms in total. The normalized spacial score (nSPS) is 23.8. The zero-order valence-corrected chi connectivity index (χ0v) is 19.8. The Labute approximate surface area is 208 Å². The van der Waals surface area contributed by atoms with Crippen molar-refractivity contribution in [1.82, 2.24) is 0 Å². The lowest BCUT2D eigenvalue weighted by molar-refractivity contribution is -0.122. The second kappa shape index (κ2) is 8.37. The molecule has 2 amide bonds. The van der Waals surface area contributed by atoms with Gasteiger partial charge >= 0.3 is 0 Å². The van der Waals surface area contributed by atoms with Crippen LogP contribution < -0.4 is 19.3 Å². The fourth-order valence-electron chi connectivity index (χ4n) is 5.79. The van der Waals surface area contributed by atoms with Gasteiger partial charge in [0.15, 0.2) is 5.78 Å². The highest BCUT2D eigenvalue weighted by molar-refractivity contribution is 6.26. The summed E-state index contributed by atoms with van der Waals surface area (Å²) >= 11 is 0. The molecule has 3 aliphatic rings. The van der Waals surface area contributed by atoms with E-state index in [1.807, 2.05) is 47.4 Å². The minimum Gasteiger partial charge on any atom is -0.497 e. The molecule has 0 radical (unpaired) electrons. The molecule has 0 aliphatic carbocycles. The second-order valence-electron chi connectivity index (χ2n) is 9.09. The third-order valence-corrected chi connectivity index (χ3v) is 7.37. The van der Waals surface area contributed by atoms with E-state index in [-0.39, 0.29) is 11.7 Å². The number of hydrogen-bond donors (Lipinski definition) is 0. The number of ether oxygens (including phenoxy) is 2. The topological polar surface area (TPSA) is 76.2 Å². The molecule has 3 aromatic rings. The third kappa shape index (κ3) is 3.09. The highest BCUT2D eigenvalue weighted by Crippen LogP contribution is 2.50. The van der Waals surface area contributed by atoms with Crippen molar-refractivity contribution in [1.29, 1.82) is 0 Å². The average molecular weight is 481 g/mol. The van der Waals surface area contributed by atoms with E-state index in [1.54, 1.807) is 42.5 Å². The molecule has 3 heterocycles. The quantitative estimate of drug-likeness (QED) is 0.406. The van der Waals surface area contributed by atoms with Crippen molar-refractivity contribution in [2.75, 3.05) is 24.0 Å². The molecule has 0 unspecified atom stereocenters. The first-order chi connectivity index (χ1) is 17.5. The highest BCUT2D eigenvalue weighted by Gasteiger charge is 2.64. The fourth-order valence-corrected chi connectivity index (χ4v) is 5.79. The molecule has 6 rings (SSSR count). The molecule has 0 aromatic heterocycles. The summed E-state index contributed by atoms with van der Waals surface area (Å²) < 4.78 is 10.8. The van der Waals surface area contributed by atoms with E-state index in [4.69, 9.17) is 9.47 Å². The summed E-state index contributed by atoms with van der Waals surface area (Å²) in [7, 11) is 3.01. The second-order valence-corrected chi connectivity index (χ2v) is 9.09. The number of carbonyl (C=O) groups excluding carboxylic acids is 3. The first-order valence-electron chi connectivity index (χ1n) is 11.8.